The van der Waals surface area contributed by atoms with E-state index in [0.717, 1.165) is 22.2 Å². The number of hydrogen-bond acceptors (Lipinski definition) is 5. The fourth-order valence-electron chi connectivity index (χ4n) is 2.54. The molecule has 0 saturated carbocycles. The van der Waals surface area contributed by atoms with Crippen LogP contribution in [-0.4, -0.2) is 30.7 Å². The van der Waals surface area contributed by atoms with Crippen molar-refractivity contribution >= 4 is 22.6 Å². The number of nitrogens with one attached hydrogen (secondary N) is 2. The summed E-state index contributed by atoms with van der Waals surface area (Å²) in [5.41, 5.74) is 10.2. The lowest BCUT2D eigenvalue weighted by Crippen LogP contribution is -2.23. The minimum Gasteiger partial charge on any atom is -0.347 e. The van der Waals surface area contributed by atoms with Crippen LogP contribution in [0.15, 0.2) is 42.7 Å². The van der Waals surface area contributed by atoms with Crippen molar-refractivity contribution in [2.75, 3.05) is 0 Å². The van der Waals surface area contributed by atoms with Crippen LogP contribution in [0.3, 0.4) is 0 Å². The van der Waals surface area contributed by atoms with Gasteiger partial charge in [-0.3, -0.25) is 4.79 Å². The van der Waals surface area contributed by atoms with Gasteiger partial charge in [-0.15, -0.1) is 0 Å². The molecule has 0 spiro atoms. The number of fused-ring (bicyclic) bond motifs is 2. The Hall–Kier alpha value is -3.26. The van der Waals surface area contributed by atoms with Crippen molar-refractivity contribution < 1.29 is 4.79 Å². The van der Waals surface area contributed by atoms with Gasteiger partial charge in [0.1, 0.15) is 22.4 Å². The van der Waals surface area contributed by atoms with E-state index in [4.69, 9.17) is 5.73 Å². The second kappa shape index (κ2) is 5.74. The first kappa shape index (κ1) is 14.3. The van der Waals surface area contributed by atoms with Gasteiger partial charge in [-0.2, -0.15) is 15.4 Å². The number of amides is 1. The minimum absolute atomic E-state index is 0.228. The molecule has 0 fully saturated rings. The fourth-order valence-corrected chi connectivity index (χ4v) is 2.54. The molecule has 0 bridgehead atoms. The van der Waals surface area contributed by atoms with Gasteiger partial charge in [0.15, 0.2) is 0 Å². The van der Waals surface area contributed by atoms with Crippen LogP contribution in [0.2, 0.25) is 0 Å². The SMILES string of the molecule is NCc1ccc2nc(C(=O)NCc3ccc4n[nH]nc4c3)cn2c1. The quantitative estimate of drug-likeness (QED) is 0.519. The molecule has 8 nitrogen and oxygen atoms in total. The van der Waals surface area contributed by atoms with E-state index in [9.17, 15) is 4.79 Å². The molecule has 0 radical (unpaired) electrons. The molecule has 4 rings (SSSR count). The number of nitrogens with zero attached hydrogens (tertiary/aromatic N) is 4. The smallest absolute Gasteiger partial charge is 0.271 e. The number of rotatable bonds is 4. The molecule has 0 aliphatic rings. The molecule has 1 aromatic carbocycles. The molecule has 0 aliphatic carbocycles. The van der Waals surface area contributed by atoms with Crippen LogP contribution >= 0.6 is 0 Å². The van der Waals surface area contributed by atoms with Gasteiger partial charge in [-0.1, -0.05) is 12.1 Å². The Morgan fingerprint density at radius 2 is 1.96 bits per heavy atom. The maximum Gasteiger partial charge on any atom is 0.271 e. The van der Waals surface area contributed by atoms with Crippen LogP contribution in [0.4, 0.5) is 0 Å². The lowest BCUT2D eigenvalue weighted by molar-refractivity contribution is 0.0946. The van der Waals surface area contributed by atoms with Crippen LogP contribution in [-0.2, 0) is 13.1 Å². The Bertz CT molecular complexity index is 1030. The first-order valence-corrected chi connectivity index (χ1v) is 7.48. The van der Waals surface area contributed by atoms with E-state index < -0.39 is 0 Å². The van der Waals surface area contributed by atoms with Crippen molar-refractivity contribution in [2.24, 2.45) is 5.73 Å². The Morgan fingerprint density at radius 3 is 2.83 bits per heavy atom. The van der Waals surface area contributed by atoms with Crippen LogP contribution in [0, 0.1) is 0 Å². The number of pyridine rings is 1. The zero-order valence-electron chi connectivity index (χ0n) is 12.7. The number of aromatic nitrogens is 5. The maximum absolute atomic E-state index is 12.3. The number of aromatic amines is 1. The first-order valence-electron chi connectivity index (χ1n) is 7.48. The molecular weight excluding hydrogens is 306 g/mol. The van der Waals surface area contributed by atoms with Crippen molar-refractivity contribution in [1.82, 2.24) is 30.1 Å². The summed E-state index contributed by atoms with van der Waals surface area (Å²) in [7, 11) is 0. The molecule has 0 saturated heterocycles. The molecule has 120 valence electrons. The van der Waals surface area contributed by atoms with Gasteiger partial charge < -0.3 is 15.5 Å². The molecular formula is C16H15N7O. The summed E-state index contributed by atoms with van der Waals surface area (Å²) in [6, 6.07) is 9.40. The van der Waals surface area contributed by atoms with Gasteiger partial charge in [0.25, 0.3) is 5.91 Å². The van der Waals surface area contributed by atoms with Crippen molar-refractivity contribution in [2.45, 2.75) is 13.1 Å². The van der Waals surface area contributed by atoms with Gasteiger partial charge in [0.2, 0.25) is 0 Å². The number of carbonyl (C=O) groups excluding carboxylic acids is 1. The molecule has 0 unspecified atom stereocenters. The third-order valence-electron chi connectivity index (χ3n) is 3.81. The number of nitrogens with two attached hydrogens (primary N) is 1. The third kappa shape index (κ3) is 2.59. The number of imidazole rings is 1. The predicted octanol–water partition coefficient (Wildman–Crippen LogP) is 0.994. The Balaban J connectivity index is 1.51. The Labute approximate surface area is 136 Å². The van der Waals surface area contributed by atoms with Gasteiger partial charge in [-0.05, 0) is 29.3 Å². The molecule has 4 aromatic rings. The van der Waals surface area contributed by atoms with E-state index in [-0.39, 0.29) is 5.91 Å². The molecule has 8 heteroatoms. The standard InChI is InChI=1S/C16H15N7O/c17-6-11-2-4-15-19-14(9-23(15)8-11)16(24)18-7-10-1-3-12-13(5-10)21-22-20-12/h1-5,8-9H,6-7,17H2,(H,18,24)(H,20,21,22). The van der Waals surface area contributed by atoms with Crippen LogP contribution < -0.4 is 11.1 Å². The van der Waals surface area contributed by atoms with Crippen molar-refractivity contribution in [3.8, 4) is 0 Å². The topological polar surface area (TPSA) is 114 Å². The second-order valence-electron chi connectivity index (χ2n) is 5.46. The van der Waals surface area contributed by atoms with Crippen LogP contribution in [0.1, 0.15) is 21.6 Å². The fraction of sp³-hybridized carbons (Fsp3) is 0.125. The highest BCUT2D eigenvalue weighted by Gasteiger charge is 2.11. The van der Waals surface area contributed by atoms with Crippen LogP contribution in [0.5, 0.6) is 0 Å². The number of carbonyl (C=O) groups is 1. The normalized spacial score (nSPS) is 11.2. The molecule has 1 amide bonds. The summed E-state index contributed by atoms with van der Waals surface area (Å²) in [4.78, 5) is 16.6. The lowest BCUT2D eigenvalue weighted by atomic mass is 10.2. The van der Waals surface area contributed by atoms with E-state index in [1.165, 1.54) is 0 Å². The van der Waals surface area contributed by atoms with Gasteiger partial charge in [0.05, 0.1) is 0 Å². The molecule has 0 atom stereocenters. The summed E-state index contributed by atoms with van der Waals surface area (Å²) in [5, 5.41) is 13.5. The van der Waals surface area contributed by atoms with E-state index in [1.54, 1.807) is 10.6 Å². The third-order valence-corrected chi connectivity index (χ3v) is 3.81. The average Bonchev–Trinajstić information content (AvgIpc) is 3.24. The highest BCUT2D eigenvalue weighted by Crippen LogP contribution is 2.11. The number of H-pyrrole nitrogens is 1. The number of benzene rings is 1. The minimum atomic E-state index is -0.228. The Morgan fingerprint density at radius 1 is 1.12 bits per heavy atom. The monoisotopic (exact) mass is 321 g/mol. The van der Waals surface area contributed by atoms with Gasteiger partial charge >= 0.3 is 0 Å². The molecule has 4 N–H and O–H groups in total. The van der Waals surface area contributed by atoms with Gasteiger partial charge in [-0.25, -0.2) is 4.98 Å². The maximum atomic E-state index is 12.3. The van der Waals surface area contributed by atoms with Crippen LogP contribution in [0.25, 0.3) is 16.7 Å². The zero-order chi connectivity index (χ0) is 16.5. The zero-order valence-corrected chi connectivity index (χ0v) is 12.7. The highest BCUT2D eigenvalue weighted by atomic mass is 16.1. The van der Waals surface area contributed by atoms with Crippen molar-refractivity contribution in [3.05, 3.63) is 59.5 Å². The Kier molecular flexibility index (Phi) is 3.43. The molecule has 0 aliphatic heterocycles. The van der Waals surface area contributed by atoms with E-state index in [2.05, 4.69) is 25.7 Å². The summed E-state index contributed by atoms with van der Waals surface area (Å²) >= 11 is 0. The summed E-state index contributed by atoms with van der Waals surface area (Å²) in [5.74, 6) is -0.228. The predicted molar refractivity (Wildman–Crippen MR) is 88.1 cm³/mol. The summed E-state index contributed by atoms with van der Waals surface area (Å²) < 4.78 is 1.80. The van der Waals surface area contributed by atoms with Crippen molar-refractivity contribution in [3.63, 3.8) is 0 Å². The molecule has 24 heavy (non-hydrogen) atoms. The number of hydrogen-bond donors (Lipinski definition) is 3. The average molecular weight is 321 g/mol. The largest absolute Gasteiger partial charge is 0.347 e. The first-order chi connectivity index (χ1) is 11.7. The lowest BCUT2D eigenvalue weighted by Gasteiger charge is -2.03. The molecule has 3 aromatic heterocycles. The highest BCUT2D eigenvalue weighted by molar-refractivity contribution is 5.92. The summed E-state index contributed by atoms with van der Waals surface area (Å²) in [6.07, 6.45) is 3.57. The molecule has 3 heterocycles. The van der Waals surface area contributed by atoms with Gasteiger partial charge in [0, 0.05) is 25.5 Å². The van der Waals surface area contributed by atoms with E-state index >= 15 is 0 Å². The van der Waals surface area contributed by atoms with E-state index in [0.29, 0.717) is 24.4 Å². The second-order valence-corrected chi connectivity index (χ2v) is 5.46. The van der Waals surface area contributed by atoms with Crippen molar-refractivity contribution in [1.29, 1.82) is 0 Å². The van der Waals surface area contributed by atoms with E-state index in [1.807, 2.05) is 36.5 Å². The summed E-state index contributed by atoms with van der Waals surface area (Å²) in [6.45, 7) is 0.837.